The zero-order valence-electron chi connectivity index (χ0n) is 12.3. The van der Waals surface area contributed by atoms with Gasteiger partial charge in [0.25, 0.3) is 0 Å². The molecule has 0 aliphatic heterocycles. The van der Waals surface area contributed by atoms with Gasteiger partial charge in [-0.25, -0.2) is 0 Å². The van der Waals surface area contributed by atoms with Gasteiger partial charge in [0.1, 0.15) is 0 Å². The third-order valence-corrected chi connectivity index (χ3v) is 3.93. The minimum atomic E-state index is 0.213. The molecule has 1 rings (SSSR count). The maximum Gasteiger partial charge on any atom is 0.0642 e. The smallest absolute Gasteiger partial charge is 0.0642 e. The van der Waals surface area contributed by atoms with Gasteiger partial charge in [0.05, 0.1) is 10.7 Å². The molecular formula is C15H25ClN2. The Morgan fingerprint density at radius 2 is 1.94 bits per heavy atom. The van der Waals surface area contributed by atoms with Crippen LogP contribution in [0.4, 0.5) is 5.69 Å². The highest BCUT2D eigenvalue weighted by molar-refractivity contribution is 6.33. The normalized spacial score (nSPS) is 13.5. The Morgan fingerprint density at radius 1 is 1.33 bits per heavy atom. The first-order valence-electron chi connectivity index (χ1n) is 6.44. The minimum Gasteiger partial charge on any atom is -0.370 e. The van der Waals surface area contributed by atoms with E-state index in [2.05, 4.69) is 51.0 Å². The molecule has 0 aliphatic carbocycles. The number of hydrogen-bond acceptors (Lipinski definition) is 2. The van der Waals surface area contributed by atoms with Gasteiger partial charge in [0.2, 0.25) is 0 Å². The van der Waals surface area contributed by atoms with Gasteiger partial charge in [-0.05, 0) is 31.0 Å². The first-order chi connectivity index (χ1) is 8.29. The highest BCUT2D eigenvalue weighted by Crippen LogP contribution is 2.34. The van der Waals surface area contributed by atoms with E-state index in [0.717, 1.165) is 17.3 Å². The maximum atomic E-state index is 6.38. The van der Waals surface area contributed by atoms with Gasteiger partial charge < -0.3 is 10.2 Å². The predicted molar refractivity (Wildman–Crippen MR) is 81.5 cm³/mol. The van der Waals surface area contributed by atoms with Crippen LogP contribution in [0.5, 0.6) is 0 Å². The largest absolute Gasteiger partial charge is 0.370 e. The van der Waals surface area contributed by atoms with Crippen LogP contribution in [0.2, 0.25) is 5.02 Å². The fourth-order valence-electron chi connectivity index (χ4n) is 2.06. The van der Waals surface area contributed by atoms with E-state index in [-0.39, 0.29) is 5.41 Å². The Hall–Kier alpha value is -0.730. The lowest BCUT2D eigenvalue weighted by Crippen LogP contribution is -2.40. The van der Waals surface area contributed by atoms with Crippen LogP contribution in [0.3, 0.4) is 0 Å². The molecule has 0 bridgehead atoms. The molecule has 1 unspecified atom stereocenters. The second-order valence-electron chi connectivity index (χ2n) is 5.93. The SMILES string of the molecule is CNCc1cccc(Cl)c1N(C)C(C)C(C)(C)C. The summed E-state index contributed by atoms with van der Waals surface area (Å²) in [6.45, 7) is 9.83. The van der Waals surface area contributed by atoms with Gasteiger partial charge in [-0.15, -0.1) is 0 Å². The molecule has 102 valence electrons. The van der Waals surface area contributed by atoms with Crippen molar-refractivity contribution in [3.05, 3.63) is 28.8 Å². The summed E-state index contributed by atoms with van der Waals surface area (Å²) in [4.78, 5) is 2.29. The van der Waals surface area contributed by atoms with E-state index >= 15 is 0 Å². The van der Waals surface area contributed by atoms with Gasteiger partial charge in [0, 0.05) is 19.6 Å². The Labute approximate surface area is 116 Å². The summed E-state index contributed by atoms with van der Waals surface area (Å²) >= 11 is 6.38. The highest BCUT2D eigenvalue weighted by atomic mass is 35.5. The van der Waals surface area contributed by atoms with Crippen molar-refractivity contribution >= 4 is 17.3 Å². The van der Waals surface area contributed by atoms with E-state index < -0.39 is 0 Å². The van der Waals surface area contributed by atoms with E-state index in [1.807, 2.05) is 19.2 Å². The summed E-state index contributed by atoms with van der Waals surface area (Å²) in [5.41, 5.74) is 2.59. The molecule has 1 aromatic carbocycles. The molecule has 2 nitrogen and oxygen atoms in total. The fourth-order valence-corrected chi connectivity index (χ4v) is 2.39. The van der Waals surface area contributed by atoms with Gasteiger partial charge in [-0.1, -0.05) is 44.5 Å². The molecule has 3 heteroatoms. The molecule has 0 heterocycles. The quantitative estimate of drug-likeness (QED) is 0.890. The average molecular weight is 269 g/mol. The number of hydrogen-bond donors (Lipinski definition) is 1. The molecule has 1 atom stereocenters. The molecule has 0 fully saturated rings. The Morgan fingerprint density at radius 3 is 2.44 bits per heavy atom. The number of nitrogens with one attached hydrogen (secondary N) is 1. The summed E-state index contributed by atoms with van der Waals surface area (Å²) in [5.74, 6) is 0. The number of benzene rings is 1. The van der Waals surface area contributed by atoms with E-state index in [1.165, 1.54) is 5.56 Å². The highest BCUT2D eigenvalue weighted by Gasteiger charge is 2.26. The zero-order chi connectivity index (χ0) is 13.9. The van der Waals surface area contributed by atoms with Crippen molar-refractivity contribution in [1.29, 1.82) is 0 Å². The van der Waals surface area contributed by atoms with Gasteiger partial charge in [0.15, 0.2) is 0 Å². The van der Waals surface area contributed by atoms with Crippen molar-refractivity contribution in [1.82, 2.24) is 5.32 Å². The summed E-state index contributed by atoms with van der Waals surface area (Å²) in [5, 5.41) is 4.02. The third kappa shape index (κ3) is 3.39. The molecule has 0 saturated carbocycles. The molecule has 0 amide bonds. The topological polar surface area (TPSA) is 15.3 Å². The van der Waals surface area contributed by atoms with Crippen LogP contribution in [0.1, 0.15) is 33.3 Å². The lowest BCUT2D eigenvalue weighted by Gasteiger charge is -2.38. The number of anilines is 1. The van der Waals surface area contributed by atoms with E-state index in [4.69, 9.17) is 11.6 Å². The van der Waals surface area contributed by atoms with Crippen molar-refractivity contribution in [2.24, 2.45) is 5.41 Å². The van der Waals surface area contributed by atoms with Gasteiger partial charge >= 0.3 is 0 Å². The maximum absolute atomic E-state index is 6.38. The third-order valence-electron chi connectivity index (χ3n) is 3.62. The fraction of sp³-hybridized carbons (Fsp3) is 0.600. The molecule has 18 heavy (non-hydrogen) atoms. The van der Waals surface area contributed by atoms with Crippen molar-refractivity contribution in [3.8, 4) is 0 Å². The molecule has 0 aliphatic rings. The first kappa shape index (κ1) is 15.3. The van der Waals surface area contributed by atoms with E-state index in [9.17, 15) is 0 Å². The summed E-state index contributed by atoms with van der Waals surface area (Å²) in [7, 11) is 4.08. The molecular weight excluding hydrogens is 244 g/mol. The monoisotopic (exact) mass is 268 g/mol. The van der Waals surface area contributed by atoms with Crippen LogP contribution >= 0.6 is 11.6 Å². The average Bonchev–Trinajstić information content (AvgIpc) is 2.26. The molecule has 0 radical (unpaired) electrons. The Balaban J connectivity index is 3.15. The lowest BCUT2D eigenvalue weighted by molar-refractivity contribution is 0.329. The zero-order valence-corrected chi connectivity index (χ0v) is 13.1. The van der Waals surface area contributed by atoms with Crippen molar-refractivity contribution < 1.29 is 0 Å². The van der Waals surface area contributed by atoms with Crippen LogP contribution in [0.15, 0.2) is 18.2 Å². The second kappa shape index (κ2) is 5.94. The van der Waals surface area contributed by atoms with Crippen molar-refractivity contribution in [2.45, 2.75) is 40.3 Å². The number of nitrogens with zero attached hydrogens (tertiary/aromatic N) is 1. The standard InChI is InChI=1S/C15H25ClN2/c1-11(15(2,3)4)18(6)14-12(10-17-5)8-7-9-13(14)16/h7-9,11,17H,10H2,1-6H3. The summed E-state index contributed by atoms with van der Waals surface area (Å²) in [6, 6.07) is 6.51. The first-order valence-corrected chi connectivity index (χ1v) is 6.81. The minimum absolute atomic E-state index is 0.213. The Bertz CT molecular complexity index is 396. The van der Waals surface area contributed by atoms with Crippen LogP contribution in [0, 0.1) is 5.41 Å². The summed E-state index contributed by atoms with van der Waals surface area (Å²) in [6.07, 6.45) is 0. The second-order valence-corrected chi connectivity index (χ2v) is 6.34. The van der Waals surface area contributed by atoms with E-state index in [1.54, 1.807) is 0 Å². The van der Waals surface area contributed by atoms with Crippen LogP contribution in [0.25, 0.3) is 0 Å². The number of para-hydroxylation sites is 1. The summed E-state index contributed by atoms with van der Waals surface area (Å²) < 4.78 is 0. The van der Waals surface area contributed by atoms with Crippen LogP contribution < -0.4 is 10.2 Å². The molecule has 0 saturated heterocycles. The van der Waals surface area contributed by atoms with Crippen molar-refractivity contribution in [3.63, 3.8) is 0 Å². The molecule has 1 aromatic rings. The number of halogens is 1. The van der Waals surface area contributed by atoms with Crippen LogP contribution in [-0.4, -0.2) is 20.1 Å². The predicted octanol–water partition coefficient (Wildman–Crippen LogP) is 3.93. The molecule has 1 N–H and O–H groups in total. The van der Waals surface area contributed by atoms with E-state index in [0.29, 0.717) is 6.04 Å². The lowest BCUT2D eigenvalue weighted by atomic mass is 9.86. The molecule has 0 aromatic heterocycles. The molecule has 0 spiro atoms. The number of rotatable bonds is 4. The Kier molecular flexibility index (Phi) is 5.06. The van der Waals surface area contributed by atoms with Gasteiger partial charge in [-0.3, -0.25) is 0 Å². The van der Waals surface area contributed by atoms with Gasteiger partial charge in [-0.2, -0.15) is 0 Å². The van der Waals surface area contributed by atoms with Crippen molar-refractivity contribution in [2.75, 3.05) is 19.0 Å². The van der Waals surface area contributed by atoms with Crippen LogP contribution in [-0.2, 0) is 6.54 Å².